The van der Waals surface area contributed by atoms with Gasteiger partial charge in [0.15, 0.2) is 0 Å². The normalized spacial score (nSPS) is 8.86. The Kier molecular flexibility index (Phi) is 12.0. The summed E-state index contributed by atoms with van der Waals surface area (Å²) < 4.78 is 3.35. The van der Waals surface area contributed by atoms with Gasteiger partial charge in [0.1, 0.15) is 0 Å². The fourth-order valence-electron chi connectivity index (χ4n) is 0.830. The van der Waals surface area contributed by atoms with Crippen LogP contribution in [0.4, 0.5) is 0 Å². The molecule has 0 fully saturated rings. The Bertz CT molecular complexity index is 199. The van der Waals surface area contributed by atoms with Gasteiger partial charge in [-0.25, -0.2) is 14.6 Å². The fourth-order valence-corrected chi connectivity index (χ4v) is 2.14. The van der Waals surface area contributed by atoms with Crippen molar-refractivity contribution in [2.45, 2.75) is 25.7 Å². The van der Waals surface area contributed by atoms with Crippen molar-refractivity contribution in [1.29, 1.82) is 0 Å². The van der Waals surface area contributed by atoms with Crippen molar-refractivity contribution in [1.82, 2.24) is 0 Å². The highest BCUT2D eigenvalue weighted by atomic mass is 33.1. The molecule has 0 amide bonds. The quantitative estimate of drug-likeness (QED) is 0.201. The average Bonchev–Trinajstić information content (AvgIpc) is 2.21. The van der Waals surface area contributed by atoms with Crippen LogP contribution in [0, 0.1) is 0 Å². The molecule has 0 aromatic rings. The second-order valence-corrected chi connectivity index (χ2v) is 4.60. The summed E-state index contributed by atoms with van der Waals surface area (Å²) in [6, 6.07) is 0. The van der Waals surface area contributed by atoms with E-state index in [1.54, 1.807) is 10.8 Å². The summed E-state index contributed by atoms with van der Waals surface area (Å²) in [5.41, 5.74) is 0. The van der Waals surface area contributed by atoms with Gasteiger partial charge in [0.05, 0.1) is 17.5 Å². The second kappa shape index (κ2) is 12.5. The number of isocyanates is 2. The number of nitrogens with zero attached hydrogens (tertiary/aromatic N) is 2. The van der Waals surface area contributed by atoms with Crippen LogP contribution in [0.25, 0.3) is 0 Å². The highest BCUT2D eigenvalue weighted by molar-refractivity contribution is 8.76. The maximum atomic E-state index is 9.70. The number of hydrogen-bond acceptors (Lipinski definition) is 6. The molecule has 0 spiro atoms. The lowest BCUT2D eigenvalue weighted by molar-refractivity contribution is 0.561. The number of aliphatic imine (C=N–C) groups is 1. The van der Waals surface area contributed by atoms with Crippen molar-refractivity contribution in [2.75, 3.05) is 12.3 Å². The second-order valence-electron chi connectivity index (χ2n) is 2.47. The van der Waals surface area contributed by atoms with Gasteiger partial charge in [-0.05, 0) is 12.8 Å². The largest absolute Gasteiger partial charge is 0.248 e. The Morgan fingerprint density at radius 3 is 2.50 bits per heavy atom. The molecule has 6 heteroatoms. The maximum absolute atomic E-state index is 9.70. The Balaban J connectivity index is 2.98. The first-order valence-corrected chi connectivity index (χ1v) is 6.59. The topological polar surface area (TPSA) is 58.9 Å². The van der Waals surface area contributed by atoms with Crippen LogP contribution in [0.2, 0.25) is 0 Å². The van der Waals surface area contributed by atoms with Crippen molar-refractivity contribution in [3.63, 3.8) is 0 Å². The summed E-state index contributed by atoms with van der Waals surface area (Å²) in [6.45, 7) is 0.584. The van der Waals surface area contributed by atoms with Crippen LogP contribution in [-0.4, -0.2) is 24.5 Å². The van der Waals surface area contributed by atoms with E-state index in [0.717, 1.165) is 31.4 Å². The van der Waals surface area contributed by atoms with Gasteiger partial charge in [0.25, 0.3) is 0 Å². The van der Waals surface area contributed by atoms with Crippen LogP contribution in [0.15, 0.2) is 9.39 Å². The van der Waals surface area contributed by atoms with E-state index in [1.807, 2.05) is 0 Å². The van der Waals surface area contributed by atoms with E-state index in [0.29, 0.717) is 6.54 Å². The molecule has 0 aliphatic rings. The van der Waals surface area contributed by atoms with Crippen LogP contribution in [0.1, 0.15) is 25.7 Å². The third kappa shape index (κ3) is 11.5. The summed E-state index contributed by atoms with van der Waals surface area (Å²) in [5, 5.41) is 0. The summed E-state index contributed by atoms with van der Waals surface area (Å²) in [6.07, 6.45) is 7.21. The minimum Gasteiger partial charge on any atom is -0.211 e. The van der Waals surface area contributed by atoms with Crippen LogP contribution in [0.5, 0.6) is 0 Å². The Labute approximate surface area is 91.2 Å². The Morgan fingerprint density at radius 1 is 1.00 bits per heavy atom. The van der Waals surface area contributed by atoms with Gasteiger partial charge in [0, 0.05) is 5.75 Å². The van der Waals surface area contributed by atoms with E-state index >= 15 is 0 Å². The van der Waals surface area contributed by atoms with E-state index in [1.165, 1.54) is 23.1 Å². The van der Waals surface area contributed by atoms with Crippen molar-refractivity contribution >= 4 is 33.9 Å². The number of rotatable bonds is 9. The lowest BCUT2D eigenvalue weighted by Crippen LogP contribution is -1.83. The lowest BCUT2D eigenvalue weighted by Gasteiger charge is -1.96. The molecular formula is C8H12N2O2S2. The van der Waals surface area contributed by atoms with Gasteiger partial charge in [-0.2, -0.15) is 0 Å². The Hall–Kier alpha value is -0.540. The standard InChI is InChI=1S/C8H12N2O2S2/c11-7-9-5-3-1-2-4-6-13-14-10-8-12/h1-6H2. The van der Waals surface area contributed by atoms with E-state index in [4.69, 9.17) is 0 Å². The molecule has 0 bridgehead atoms. The van der Waals surface area contributed by atoms with Crippen LogP contribution >= 0.6 is 21.8 Å². The third-order valence-corrected chi connectivity index (χ3v) is 3.19. The molecule has 0 rings (SSSR count). The smallest absolute Gasteiger partial charge is 0.211 e. The van der Waals surface area contributed by atoms with Crippen LogP contribution in [-0.2, 0) is 9.59 Å². The molecule has 14 heavy (non-hydrogen) atoms. The molecule has 0 atom stereocenters. The number of hydrogen-bond donors (Lipinski definition) is 0. The molecular weight excluding hydrogens is 220 g/mol. The highest BCUT2D eigenvalue weighted by Crippen LogP contribution is 2.22. The number of carbonyl (C=O) groups excluding carboxylic acids is 2. The van der Waals surface area contributed by atoms with E-state index in [9.17, 15) is 9.59 Å². The van der Waals surface area contributed by atoms with Crippen molar-refractivity contribution in [3.05, 3.63) is 0 Å². The monoisotopic (exact) mass is 232 g/mol. The highest BCUT2D eigenvalue weighted by Gasteiger charge is 1.91. The van der Waals surface area contributed by atoms with Crippen molar-refractivity contribution in [2.24, 2.45) is 9.39 Å². The molecule has 0 aromatic heterocycles. The number of unbranched alkanes of at least 4 members (excludes halogenated alkanes) is 3. The molecule has 78 valence electrons. The summed E-state index contributed by atoms with van der Waals surface area (Å²) in [7, 11) is 2.72. The molecule has 0 N–H and O–H groups in total. The predicted molar refractivity (Wildman–Crippen MR) is 59.6 cm³/mol. The van der Waals surface area contributed by atoms with Crippen molar-refractivity contribution < 1.29 is 9.59 Å². The molecule has 0 heterocycles. The van der Waals surface area contributed by atoms with Gasteiger partial charge >= 0.3 is 0 Å². The van der Waals surface area contributed by atoms with E-state index in [2.05, 4.69) is 9.39 Å². The van der Waals surface area contributed by atoms with E-state index in [-0.39, 0.29) is 0 Å². The molecule has 0 aromatic carbocycles. The molecule has 0 saturated heterocycles. The van der Waals surface area contributed by atoms with Gasteiger partial charge in [0.2, 0.25) is 12.2 Å². The molecule has 0 saturated carbocycles. The SMILES string of the molecule is O=C=NCCCCCCSSN=C=O. The van der Waals surface area contributed by atoms with Gasteiger partial charge in [-0.3, -0.25) is 0 Å². The van der Waals surface area contributed by atoms with Gasteiger partial charge < -0.3 is 0 Å². The molecule has 0 radical (unpaired) electrons. The molecule has 0 aliphatic carbocycles. The van der Waals surface area contributed by atoms with Gasteiger partial charge in [-0.1, -0.05) is 23.6 Å². The first-order chi connectivity index (χ1) is 6.91. The zero-order chi connectivity index (χ0) is 10.5. The lowest BCUT2D eigenvalue weighted by atomic mass is 10.2. The molecule has 0 unspecified atom stereocenters. The molecule has 4 nitrogen and oxygen atoms in total. The average molecular weight is 232 g/mol. The Morgan fingerprint density at radius 2 is 1.79 bits per heavy atom. The minimum absolute atomic E-state index is 0.584. The first-order valence-electron chi connectivity index (χ1n) is 4.31. The fraction of sp³-hybridized carbons (Fsp3) is 0.750. The maximum Gasteiger partial charge on any atom is 0.248 e. The van der Waals surface area contributed by atoms with E-state index < -0.39 is 0 Å². The summed E-state index contributed by atoms with van der Waals surface area (Å²) in [5.74, 6) is 0.979. The van der Waals surface area contributed by atoms with Crippen molar-refractivity contribution in [3.8, 4) is 0 Å². The van der Waals surface area contributed by atoms with Gasteiger partial charge in [-0.15, -0.1) is 4.40 Å². The molecule has 0 aliphatic heterocycles. The van der Waals surface area contributed by atoms with Crippen LogP contribution in [0.3, 0.4) is 0 Å². The summed E-state index contributed by atoms with van der Waals surface area (Å²) in [4.78, 5) is 22.8. The summed E-state index contributed by atoms with van der Waals surface area (Å²) >= 11 is 0. The third-order valence-electron chi connectivity index (χ3n) is 1.44. The zero-order valence-corrected chi connectivity index (χ0v) is 9.40. The van der Waals surface area contributed by atoms with Crippen LogP contribution < -0.4 is 0 Å². The zero-order valence-electron chi connectivity index (χ0n) is 7.77. The first kappa shape index (κ1) is 13.5. The minimum atomic E-state index is 0.584. The predicted octanol–water partition coefficient (Wildman–Crippen LogP) is 2.51.